The first kappa shape index (κ1) is 15.6. The number of fused-ring (bicyclic) bond motifs is 1. The topological polar surface area (TPSA) is 71.7 Å². The predicted octanol–water partition coefficient (Wildman–Crippen LogP) is 2.35. The van der Waals surface area contributed by atoms with E-state index in [1.807, 2.05) is 26.8 Å². The molecule has 0 amide bonds. The van der Waals surface area contributed by atoms with Crippen LogP contribution in [0.5, 0.6) is 0 Å². The van der Waals surface area contributed by atoms with Crippen LogP contribution in [0.1, 0.15) is 25.1 Å². The summed E-state index contributed by atoms with van der Waals surface area (Å²) in [6.45, 7) is 5.66. The zero-order chi connectivity index (χ0) is 15.6. The Labute approximate surface area is 127 Å². The van der Waals surface area contributed by atoms with E-state index in [-0.39, 0.29) is 11.5 Å². The molecule has 2 rings (SSSR count). The maximum atomic E-state index is 12.1. The van der Waals surface area contributed by atoms with E-state index in [1.165, 1.54) is 22.2 Å². The summed E-state index contributed by atoms with van der Waals surface area (Å²) in [6, 6.07) is 5.16. The van der Waals surface area contributed by atoms with Crippen LogP contribution in [0.15, 0.2) is 29.2 Å². The number of aromatic nitrogens is 2. The smallest absolute Gasteiger partial charge is 0.316 e. The average Bonchev–Trinajstić information content (AvgIpc) is 2.39. The fourth-order valence-electron chi connectivity index (χ4n) is 2.06. The molecule has 0 fully saturated rings. The maximum absolute atomic E-state index is 12.1. The molecule has 0 spiro atoms. The lowest BCUT2D eigenvalue weighted by molar-refractivity contribution is -0.137. The van der Waals surface area contributed by atoms with Crippen LogP contribution in [0.4, 0.5) is 0 Å². The minimum absolute atomic E-state index is 0.0247. The molecular formula is C15H18N2O3S. The highest BCUT2D eigenvalue weighted by Gasteiger charge is 2.22. The van der Waals surface area contributed by atoms with Crippen molar-refractivity contribution in [2.45, 2.75) is 31.8 Å². The second-order valence-corrected chi connectivity index (χ2v) is 6.46. The zero-order valence-corrected chi connectivity index (χ0v) is 13.1. The Bertz CT molecular complexity index is 724. The van der Waals surface area contributed by atoms with E-state index < -0.39 is 11.2 Å². The molecule has 0 aliphatic heterocycles. The number of pyridine rings is 1. The fraction of sp³-hybridized carbons (Fsp3) is 0.400. The van der Waals surface area contributed by atoms with Crippen LogP contribution in [0, 0.1) is 12.8 Å². The van der Waals surface area contributed by atoms with Gasteiger partial charge in [0.1, 0.15) is 10.9 Å². The standard InChI is InChI=1S/C15H18N2O3S/c1-9(2)14(15(19)20)21-8-11-6-13(18)17-7-10(3)4-5-12(17)16-11/h4-7,9,14H,8H2,1-3H3,(H,19,20). The minimum atomic E-state index is -0.830. The van der Waals surface area contributed by atoms with Gasteiger partial charge in [-0.05, 0) is 24.5 Å². The summed E-state index contributed by atoms with van der Waals surface area (Å²) in [6.07, 6.45) is 1.75. The van der Waals surface area contributed by atoms with E-state index in [0.29, 0.717) is 17.1 Å². The monoisotopic (exact) mass is 306 g/mol. The van der Waals surface area contributed by atoms with E-state index in [4.69, 9.17) is 0 Å². The van der Waals surface area contributed by atoms with Gasteiger partial charge in [-0.1, -0.05) is 19.9 Å². The summed E-state index contributed by atoms with van der Waals surface area (Å²) < 4.78 is 1.50. The van der Waals surface area contributed by atoms with Gasteiger partial charge in [0.2, 0.25) is 0 Å². The molecule has 0 aromatic carbocycles. The number of aliphatic carboxylic acids is 1. The summed E-state index contributed by atoms with van der Waals surface area (Å²) >= 11 is 1.30. The van der Waals surface area contributed by atoms with Crippen LogP contribution in [0.25, 0.3) is 5.65 Å². The Balaban J connectivity index is 2.25. The van der Waals surface area contributed by atoms with Crippen LogP contribution in [0.2, 0.25) is 0 Å². The molecule has 1 unspecified atom stereocenters. The Morgan fingerprint density at radius 2 is 2.14 bits per heavy atom. The summed E-state index contributed by atoms with van der Waals surface area (Å²) in [5, 5.41) is 8.67. The quantitative estimate of drug-likeness (QED) is 0.918. The average molecular weight is 306 g/mol. The van der Waals surface area contributed by atoms with Crippen LogP contribution < -0.4 is 5.56 Å². The highest BCUT2D eigenvalue weighted by Crippen LogP contribution is 2.23. The predicted molar refractivity (Wildman–Crippen MR) is 83.8 cm³/mol. The number of hydrogen-bond donors (Lipinski definition) is 1. The van der Waals surface area contributed by atoms with Crippen molar-refractivity contribution < 1.29 is 9.90 Å². The maximum Gasteiger partial charge on any atom is 0.316 e. The van der Waals surface area contributed by atoms with Gasteiger partial charge in [-0.15, -0.1) is 11.8 Å². The lowest BCUT2D eigenvalue weighted by Gasteiger charge is -2.15. The molecule has 2 heterocycles. The van der Waals surface area contributed by atoms with Gasteiger partial charge in [0.15, 0.2) is 0 Å². The van der Waals surface area contributed by atoms with E-state index in [0.717, 1.165) is 5.56 Å². The third-order valence-corrected chi connectivity index (χ3v) is 4.69. The Morgan fingerprint density at radius 3 is 2.76 bits per heavy atom. The number of thioether (sulfide) groups is 1. The van der Waals surface area contributed by atoms with Crippen LogP contribution in [-0.2, 0) is 10.5 Å². The number of carbonyl (C=O) groups is 1. The van der Waals surface area contributed by atoms with Crippen molar-refractivity contribution in [2.24, 2.45) is 5.92 Å². The molecule has 0 radical (unpaired) electrons. The summed E-state index contributed by atoms with van der Waals surface area (Å²) in [4.78, 5) is 27.7. The van der Waals surface area contributed by atoms with Crippen LogP contribution in [0.3, 0.4) is 0 Å². The van der Waals surface area contributed by atoms with Crippen molar-refractivity contribution in [3.8, 4) is 0 Å². The molecule has 0 bridgehead atoms. The van der Waals surface area contributed by atoms with E-state index in [2.05, 4.69) is 4.98 Å². The van der Waals surface area contributed by atoms with E-state index in [1.54, 1.807) is 12.3 Å². The minimum Gasteiger partial charge on any atom is -0.480 e. The third kappa shape index (κ3) is 3.64. The molecule has 1 atom stereocenters. The van der Waals surface area contributed by atoms with Crippen molar-refractivity contribution in [3.05, 3.63) is 46.0 Å². The first-order valence-electron chi connectivity index (χ1n) is 6.72. The molecule has 5 nitrogen and oxygen atoms in total. The molecule has 1 N–H and O–H groups in total. The first-order valence-corrected chi connectivity index (χ1v) is 7.76. The number of carboxylic acid groups (broad SMARTS) is 1. The molecule has 112 valence electrons. The van der Waals surface area contributed by atoms with Crippen LogP contribution >= 0.6 is 11.8 Å². The molecule has 0 aliphatic rings. The van der Waals surface area contributed by atoms with Crippen molar-refractivity contribution in [1.29, 1.82) is 0 Å². The second kappa shape index (κ2) is 6.30. The Morgan fingerprint density at radius 1 is 1.43 bits per heavy atom. The summed E-state index contributed by atoms with van der Waals surface area (Å²) in [5.74, 6) is -0.394. The Kier molecular flexibility index (Phi) is 4.67. The summed E-state index contributed by atoms with van der Waals surface area (Å²) in [7, 11) is 0. The highest BCUT2D eigenvalue weighted by molar-refractivity contribution is 7.99. The van der Waals surface area contributed by atoms with Crippen molar-refractivity contribution in [1.82, 2.24) is 9.38 Å². The lowest BCUT2D eigenvalue weighted by atomic mass is 10.1. The lowest BCUT2D eigenvalue weighted by Crippen LogP contribution is -2.23. The normalized spacial score (nSPS) is 12.8. The van der Waals surface area contributed by atoms with Crippen LogP contribution in [-0.4, -0.2) is 25.7 Å². The zero-order valence-electron chi connectivity index (χ0n) is 12.2. The number of hydrogen-bond acceptors (Lipinski definition) is 4. The number of carboxylic acids is 1. The fourth-order valence-corrected chi connectivity index (χ4v) is 3.08. The number of rotatable bonds is 5. The SMILES string of the molecule is Cc1ccc2nc(CSC(C(=O)O)C(C)C)cc(=O)n2c1. The van der Waals surface area contributed by atoms with Gasteiger partial charge in [0.05, 0.1) is 5.69 Å². The van der Waals surface area contributed by atoms with E-state index in [9.17, 15) is 14.7 Å². The summed E-state index contributed by atoms with van der Waals surface area (Å²) in [5.41, 5.74) is 2.04. The first-order chi connectivity index (χ1) is 9.88. The Hall–Kier alpha value is -1.82. The molecule has 21 heavy (non-hydrogen) atoms. The molecule has 6 heteroatoms. The van der Waals surface area contributed by atoms with Crippen molar-refractivity contribution >= 4 is 23.4 Å². The molecule has 0 saturated heterocycles. The van der Waals surface area contributed by atoms with Crippen molar-refractivity contribution in [3.63, 3.8) is 0 Å². The molecule has 2 aromatic heterocycles. The third-order valence-electron chi connectivity index (χ3n) is 3.12. The van der Waals surface area contributed by atoms with Gasteiger partial charge in [0.25, 0.3) is 5.56 Å². The van der Waals surface area contributed by atoms with Gasteiger partial charge in [-0.2, -0.15) is 0 Å². The largest absolute Gasteiger partial charge is 0.480 e. The van der Waals surface area contributed by atoms with Gasteiger partial charge in [0, 0.05) is 18.0 Å². The van der Waals surface area contributed by atoms with Gasteiger partial charge in [-0.25, -0.2) is 4.98 Å². The molecule has 0 aliphatic carbocycles. The van der Waals surface area contributed by atoms with Gasteiger partial charge in [-0.3, -0.25) is 14.0 Å². The highest BCUT2D eigenvalue weighted by atomic mass is 32.2. The van der Waals surface area contributed by atoms with Gasteiger partial charge >= 0.3 is 5.97 Å². The molecular weight excluding hydrogens is 288 g/mol. The van der Waals surface area contributed by atoms with Crippen molar-refractivity contribution in [2.75, 3.05) is 0 Å². The number of aryl methyl sites for hydroxylation is 1. The molecule has 2 aromatic rings. The molecule has 0 saturated carbocycles. The van der Waals surface area contributed by atoms with Gasteiger partial charge < -0.3 is 5.11 Å². The van der Waals surface area contributed by atoms with E-state index >= 15 is 0 Å². The second-order valence-electron chi connectivity index (χ2n) is 5.33. The number of nitrogens with zero attached hydrogens (tertiary/aromatic N) is 2.